The van der Waals surface area contributed by atoms with Crippen LogP contribution in [0, 0.1) is 11.8 Å². The Bertz CT molecular complexity index is 717. The highest BCUT2D eigenvalue weighted by atomic mass is 32.2. The monoisotopic (exact) mass is 381 g/mol. The third kappa shape index (κ3) is 5.83. The van der Waals surface area contributed by atoms with Gasteiger partial charge in [0, 0.05) is 6.04 Å². The molecule has 1 aromatic rings. The molecule has 1 fully saturated rings. The summed E-state index contributed by atoms with van der Waals surface area (Å²) in [5, 5.41) is 2.92. The van der Waals surface area contributed by atoms with Crippen molar-refractivity contribution < 1.29 is 22.7 Å². The minimum Gasteiger partial charge on any atom is -0.456 e. The van der Waals surface area contributed by atoms with Gasteiger partial charge in [-0.3, -0.25) is 9.59 Å². The number of rotatable bonds is 7. The largest absolute Gasteiger partial charge is 0.456 e. The van der Waals surface area contributed by atoms with Gasteiger partial charge in [0.25, 0.3) is 5.91 Å². The van der Waals surface area contributed by atoms with Gasteiger partial charge in [-0.2, -0.15) is 0 Å². The molecule has 3 atom stereocenters. The van der Waals surface area contributed by atoms with Gasteiger partial charge < -0.3 is 10.1 Å². The van der Waals surface area contributed by atoms with Gasteiger partial charge in [0.15, 0.2) is 16.4 Å². The molecular formula is C19H27NO5S. The predicted molar refractivity (Wildman–Crippen MR) is 98.2 cm³/mol. The van der Waals surface area contributed by atoms with E-state index in [0.29, 0.717) is 11.8 Å². The number of hydrogen-bond donors (Lipinski definition) is 1. The van der Waals surface area contributed by atoms with Crippen molar-refractivity contribution in [1.29, 1.82) is 0 Å². The molecule has 7 heteroatoms. The van der Waals surface area contributed by atoms with Crippen LogP contribution in [0.5, 0.6) is 0 Å². The Balaban J connectivity index is 1.74. The molecule has 2 rings (SSSR count). The third-order valence-corrected chi connectivity index (χ3v) is 6.83. The summed E-state index contributed by atoms with van der Waals surface area (Å²) in [6.45, 7) is 3.92. The molecule has 6 nitrogen and oxygen atoms in total. The number of sulfone groups is 1. The first-order valence-corrected chi connectivity index (χ1v) is 10.7. The molecular weight excluding hydrogens is 354 g/mol. The number of amides is 1. The van der Waals surface area contributed by atoms with Crippen LogP contribution in [0.3, 0.4) is 0 Å². The van der Waals surface area contributed by atoms with Crippen LogP contribution in [0.2, 0.25) is 0 Å². The summed E-state index contributed by atoms with van der Waals surface area (Å²) >= 11 is 0. The van der Waals surface area contributed by atoms with E-state index in [9.17, 15) is 18.0 Å². The zero-order chi connectivity index (χ0) is 19.2. The van der Waals surface area contributed by atoms with Crippen molar-refractivity contribution in [2.75, 3.05) is 12.4 Å². The Labute approximate surface area is 155 Å². The van der Waals surface area contributed by atoms with E-state index < -0.39 is 15.8 Å². The minimum atomic E-state index is -3.53. The third-order valence-electron chi connectivity index (χ3n) is 5.09. The van der Waals surface area contributed by atoms with Gasteiger partial charge in [-0.15, -0.1) is 0 Å². The van der Waals surface area contributed by atoms with Crippen LogP contribution in [-0.4, -0.2) is 38.7 Å². The number of carbonyl (C=O) groups is 2. The lowest BCUT2D eigenvalue weighted by Gasteiger charge is -2.34. The van der Waals surface area contributed by atoms with Crippen LogP contribution in [0.4, 0.5) is 0 Å². The van der Waals surface area contributed by atoms with Gasteiger partial charge in [0.1, 0.15) is 0 Å². The maximum absolute atomic E-state index is 12.1. The van der Waals surface area contributed by atoms with E-state index in [-0.39, 0.29) is 35.6 Å². The lowest BCUT2D eigenvalue weighted by Crippen LogP contribution is -2.45. The zero-order valence-electron chi connectivity index (χ0n) is 15.3. The molecule has 26 heavy (non-hydrogen) atoms. The zero-order valence-corrected chi connectivity index (χ0v) is 16.1. The van der Waals surface area contributed by atoms with Crippen LogP contribution in [-0.2, 0) is 24.2 Å². The summed E-state index contributed by atoms with van der Waals surface area (Å²) in [4.78, 5) is 23.9. The Hall–Kier alpha value is -1.89. The summed E-state index contributed by atoms with van der Waals surface area (Å²) in [6, 6.07) is 8.05. The van der Waals surface area contributed by atoms with E-state index in [1.54, 1.807) is 18.2 Å². The first-order valence-electron chi connectivity index (χ1n) is 9.02. The maximum Gasteiger partial charge on any atom is 0.307 e. The second-order valence-corrected chi connectivity index (χ2v) is 9.09. The predicted octanol–water partition coefficient (Wildman–Crippen LogP) is 2.33. The summed E-state index contributed by atoms with van der Waals surface area (Å²) in [5.41, 5.74) is 0. The van der Waals surface area contributed by atoms with Crippen molar-refractivity contribution in [3.8, 4) is 0 Å². The molecule has 0 unspecified atom stereocenters. The number of esters is 1. The van der Waals surface area contributed by atoms with Gasteiger partial charge in [-0.05, 0) is 30.4 Å². The molecule has 0 radical (unpaired) electrons. The van der Waals surface area contributed by atoms with Gasteiger partial charge in [-0.1, -0.05) is 44.9 Å². The number of hydrogen-bond acceptors (Lipinski definition) is 5. The second kappa shape index (κ2) is 9.16. The minimum absolute atomic E-state index is 0.100. The highest BCUT2D eigenvalue weighted by molar-refractivity contribution is 7.91. The fourth-order valence-corrected chi connectivity index (χ4v) is 4.46. The Kier molecular flexibility index (Phi) is 7.20. The molecule has 1 aliphatic carbocycles. The van der Waals surface area contributed by atoms with Gasteiger partial charge in [0.05, 0.1) is 17.1 Å². The van der Waals surface area contributed by atoms with Crippen LogP contribution in [0.1, 0.15) is 39.5 Å². The molecule has 144 valence electrons. The molecule has 0 spiro atoms. The molecule has 0 aliphatic heterocycles. The Morgan fingerprint density at radius 1 is 1.15 bits per heavy atom. The summed E-state index contributed by atoms with van der Waals surface area (Å²) in [7, 11) is -3.53. The quantitative estimate of drug-likeness (QED) is 0.732. The van der Waals surface area contributed by atoms with Gasteiger partial charge in [0.2, 0.25) is 0 Å². The maximum atomic E-state index is 12.1. The van der Waals surface area contributed by atoms with E-state index >= 15 is 0 Å². The van der Waals surface area contributed by atoms with E-state index in [2.05, 4.69) is 19.2 Å². The lowest BCUT2D eigenvalue weighted by molar-refractivity contribution is -0.148. The molecule has 1 N–H and O–H groups in total. The molecule has 1 aromatic carbocycles. The molecule has 0 heterocycles. The fourth-order valence-electron chi connectivity index (χ4n) is 3.22. The normalized spacial score (nSPS) is 23.2. The van der Waals surface area contributed by atoms with Gasteiger partial charge >= 0.3 is 5.97 Å². The first kappa shape index (κ1) is 20.4. The van der Waals surface area contributed by atoms with Crippen LogP contribution < -0.4 is 5.32 Å². The average Bonchev–Trinajstić information content (AvgIpc) is 2.63. The molecule has 0 aromatic heterocycles. The first-order chi connectivity index (χ1) is 12.3. The standard InChI is InChI=1S/C19H27NO5S/c1-14-7-6-10-17(15(14)2)20-18(21)13-25-19(22)11-12-26(23,24)16-8-4-3-5-9-16/h3-5,8-9,14-15,17H,6-7,10-13H2,1-2H3,(H,20,21)/t14-,15+,17+/m0/s1. The number of carbonyl (C=O) groups excluding carboxylic acids is 2. The van der Waals surface area contributed by atoms with Crippen molar-refractivity contribution in [3.63, 3.8) is 0 Å². The summed E-state index contributed by atoms with van der Waals surface area (Å²) < 4.78 is 29.2. The average molecular weight is 381 g/mol. The van der Waals surface area contributed by atoms with E-state index in [4.69, 9.17) is 4.74 Å². The van der Waals surface area contributed by atoms with E-state index in [1.807, 2.05) is 0 Å². The highest BCUT2D eigenvalue weighted by Crippen LogP contribution is 2.29. The van der Waals surface area contributed by atoms with Crippen molar-refractivity contribution in [2.45, 2.75) is 50.5 Å². The highest BCUT2D eigenvalue weighted by Gasteiger charge is 2.28. The van der Waals surface area contributed by atoms with Crippen molar-refractivity contribution in [2.24, 2.45) is 11.8 Å². The van der Waals surface area contributed by atoms with Crippen molar-refractivity contribution >= 4 is 21.7 Å². The van der Waals surface area contributed by atoms with E-state index in [0.717, 1.165) is 12.8 Å². The van der Waals surface area contributed by atoms with Crippen molar-refractivity contribution in [1.82, 2.24) is 5.32 Å². The van der Waals surface area contributed by atoms with Gasteiger partial charge in [-0.25, -0.2) is 8.42 Å². The summed E-state index contributed by atoms with van der Waals surface area (Å²) in [6.07, 6.45) is 2.90. The molecule has 0 bridgehead atoms. The van der Waals surface area contributed by atoms with Crippen molar-refractivity contribution in [3.05, 3.63) is 30.3 Å². The smallest absolute Gasteiger partial charge is 0.307 e. The van der Waals surface area contributed by atoms with Crippen LogP contribution in [0.15, 0.2) is 35.2 Å². The van der Waals surface area contributed by atoms with Crippen LogP contribution in [0.25, 0.3) is 0 Å². The lowest BCUT2D eigenvalue weighted by atomic mass is 9.78. The Morgan fingerprint density at radius 2 is 1.85 bits per heavy atom. The molecule has 1 saturated carbocycles. The molecule has 1 aliphatic rings. The summed E-state index contributed by atoms with van der Waals surface area (Å²) in [5.74, 6) is -0.423. The number of ether oxygens (including phenoxy) is 1. The topological polar surface area (TPSA) is 89.5 Å². The second-order valence-electron chi connectivity index (χ2n) is 6.98. The number of benzene rings is 1. The molecule has 0 saturated heterocycles. The fraction of sp³-hybridized carbons (Fsp3) is 0.579. The SMILES string of the molecule is C[C@@H]1[C@@H](C)CCC[C@H]1NC(=O)COC(=O)CCS(=O)(=O)c1ccccc1. The van der Waals surface area contributed by atoms with E-state index in [1.165, 1.54) is 18.6 Å². The molecule has 1 amide bonds. The number of nitrogens with one attached hydrogen (secondary N) is 1. The van der Waals surface area contributed by atoms with Crippen LogP contribution >= 0.6 is 0 Å². The Morgan fingerprint density at radius 3 is 2.54 bits per heavy atom.